The monoisotopic (exact) mass is 218 g/mol. The van der Waals surface area contributed by atoms with Gasteiger partial charge >= 0.3 is 0 Å². The van der Waals surface area contributed by atoms with Crippen LogP contribution in [0.15, 0.2) is 36.7 Å². The van der Waals surface area contributed by atoms with Gasteiger partial charge < -0.3 is 9.72 Å². The standard InChI is InChI=1S/C11H10N2OS/c1-14-9-5-8(6-12-7-9)10-3-2-4-11(15)13-10/h2-7H,1H3,(H,13,15). The Morgan fingerprint density at radius 1 is 1.33 bits per heavy atom. The van der Waals surface area contributed by atoms with Crippen LogP contribution in [0.1, 0.15) is 0 Å². The molecule has 76 valence electrons. The second-order valence-electron chi connectivity index (χ2n) is 3.04. The van der Waals surface area contributed by atoms with Gasteiger partial charge in [-0.1, -0.05) is 18.3 Å². The van der Waals surface area contributed by atoms with Crippen LogP contribution in [0.5, 0.6) is 5.75 Å². The molecule has 0 spiro atoms. The highest BCUT2D eigenvalue weighted by atomic mass is 32.1. The molecule has 0 radical (unpaired) electrons. The molecule has 2 aromatic heterocycles. The summed E-state index contributed by atoms with van der Waals surface area (Å²) in [4.78, 5) is 7.18. The highest BCUT2D eigenvalue weighted by Gasteiger charge is 1.99. The van der Waals surface area contributed by atoms with E-state index in [1.54, 1.807) is 19.5 Å². The zero-order valence-electron chi connectivity index (χ0n) is 8.23. The minimum atomic E-state index is 0.704. The topological polar surface area (TPSA) is 37.9 Å². The van der Waals surface area contributed by atoms with Crippen LogP contribution >= 0.6 is 12.2 Å². The van der Waals surface area contributed by atoms with Gasteiger partial charge in [-0.05, 0) is 18.2 Å². The molecule has 0 atom stereocenters. The summed E-state index contributed by atoms with van der Waals surface area (Å²) >= 11 is 5.05. The molecular formula is C11H10N2OS. The van der Waals surface area contributed by atoms with Crippen LogP contribution in [0.4, 0.5) is 0 Å². The van der Waals surface area contributed by atoms with Crippen LogP contribution in [-0.4, -0.2) is 17.1 Å². The third-order valence-electron chi connectivity index (χ3n) is 2.03. The average molecular weight is 218 g/mol. The van der Waals surface area contributed by atoms with Crippen molar-refractivity contribution in [2.75, 3.05) is 7.11 Å². The molecule has 0 aliphatic heterocycles. The van der Waals surface area contributed by atoms with Crippen molar-refractivity contribution in [2.24, 2.45) is 0 Å². The van der Waals surface area contributed by atoms with Gasteiger partial charge in [-0.3, -0.25) is 4.98 Å². The number of ether oxygens (including phenoxy) is 1. The molecule has 0 aliphatic rings. The van der Waals surface area contributed by atoms with Crippen molar-refractivity contribution in [3.63, 3.8) is 0 Å². The first-order valence-corrected chi connectivity index (χ1v) is 4.89. The first-order valence-electron chi connectivity index (χ1n) is 4.48. The lowest BCUT2D eigenvalue weighted by atomic mass is 10.2. The molecule has 2 heterocycles. The summed E-state index contributed by atoms with van der Waals surface area (Å²) in [6.45, 7) is 0. The molecule has 15 heavy (non-hydrogen) atoms. The van der Waals surface area contributed by atoms with E-state index >= 15 is 0 Å². The number of methoxy groups -OCH3 is 1. The van der Waals surface area contributed by atoms with E-state index in [0.717, 1.165) is 17.0 Å². The number of nitrogens with one attached hydrogen (secondary N) is 1. The molecule has 0 bridgehead atoms. The minimum absolute atomic E-state index is 0.704. The van der Waals surface area contributed by atoms with E-state index in [1.165, 1.54) is 0 Å². The number of rotatable bonds is 2. The molecule has 4 heteroatoms. The molecule has 0 amide bonds. The normalized spacial score (nSPS) is 9.93. The lowest BCUT2D eigenvalue weighted by molar-refractivity contribution is 0.413. The Balaban J connectivity index is 2.49. The number of hydrogen-bond donors (Lipinski definition) is 1. The van der Waals surface area contributed by atoms with Gasteiger partial charge in [-0.15, -0.1) is 0 Å². The van der Waals surface area contributed by atoms with Crippen LogP contribution in [0.2, 0.25) is 0 Å². The predicted octanol–water partition coefficient (Wildman–Crippen LogP) is 2.81. The maximum atomic E-state index is 5.10. The number of hydrogen-bond acceptors (Lipinski definition) is 3. The number of pyridine rings is 2. The van der Waals surface area contributed by atoms with E-state index < -0.39 is 0 Å². The van der Waals surface area contributed by atoms with Crippen molar-refractivity contribution in [2.45, 2.75) is 0 Å². The molecule has 0 aromatic carbocycles. The van der Waals surface area contributed by atoms with Gasteiger partial charge in [0.15, 0.2) is 0 Å². The van der Waals surface area contributed by atoms with Crippen molar-refractivity contribution in [3.05, 3.63) is 41.3 Å². The maximum absolute atomic E-state index is 5.10. The number of aromatic amines is 1. The number of aromatic nitrogens is 2. The minimum Gasteiger partial charge on any atom is -0.495 e. The molecule has 0 fully saturated rings. The molecular weight excluding hydrogens is 208 g/mol. The van der Waals surface area contributed by atoms with Gasteiger partial charge in [0.1, 0.15) is 10.4 Å². The lowest BCUT2D eigenvalue weighted by Crippen LogP contribution is -1.88. The van der Waals surface area contributed by atoms with Gasteiger partial charge in [0.2, 0.25) is 0 Å². The SMILES string of the molecule is COc1cncc(-c2cccc(=S)[nH]2)c1. The van der Waals surface area contributed by atoms with E-state index in [0.29, 0.717) is 4.64 Å². The van der Waals surface area contributed by atoms with E-state index in [1.807, 2.05) is 24.3 Å². The Bertz CT molecular complexity index is 522. The molecule has 3 nitrogen and oxygen atoms in total. The van der Waals surface area contributed by atoms with E-state index in [-0.39, 0.29) is 0 Å². The lowest BCUT2D eigenvalue weighted by Gasteiger charge is -2.03. The largest absolute Gasteiger partial charge is 0.495 e. The van der Waals surface area contributed by atoms with Crippen LogP contribution in [0, 0.1) is 4.64 Å². The highest BCUT2D eigenvalue weighted by molar-refractivity contribution is 7.71. The fraction of sp³-hybridized carbons (Fsp3) is 0.0909. The van der Waals surface area contributed by atoms with E-state index in [4.69, 9.17) is 17.0 Å². The van der Waals surface area contributed by atoms with Crippen LogP contribution in [-0.2, 0) is 0 Å². The first-order chi connectivity index (χ1) is 7.29. The van der Waals surface area contributed by atoms with Crippen molar-refractivity contribution in [1.29, 1.82) is 0 Å². The highest BCUT2D eigenvalue weighted by Crippen LogP contribution is 2.19. The Kier molecular flexibility index (Phi) is 2.78. The predicted molar refractivity (Wildman–Crippen MR) is 61.4 cm³/mol. The van der Waals surface area contributed by atoms with Crippen molar-refractivity contribution < 1.29 is 4.74 Å². The van der Waals surface area contributed by atoms with Crippen LogP contribution in [0.3, 0.4) is 0 Å². The average Bonchev–Trinajstić information content (AvgIpc) is 2.29. The van der Waals surface area contributed by atoms with Gasteiger partial charge in [0, 0.05) is 17.5 Å². The van der Waals surface area contributed by atoms with Gasteiger partial charge in [0.05, 0.1) is 13.3 Å². The summed E-state index contributed by atoms with van der Waals surface area (Å²) in [5, 5.41) is 0. The Morgan fingerprint density at radius 2 is 2.20 bits per heavy atom. The first kappa shape index (κ1) is 9.86. The van der Waals surface area contributed by atoms with E-state index in [9.17, 15) is 0 Å². The summed E-state index contributed by atoms with van der Waals surface area (Å²) in [5.41, 5.74) is 1.90. The third kappa shape index (κ3) is 2.22. The van der Waals surface area contributed by atoms with Gasteiger partial charge in [-0.25, -0.2) is 0 Å². The Morgan fingerprint density at radius 3 is 2.93 bits per heavy atom. The molecule has 2 aromatic rings. The summed E-state index contributed by atoms with van der Waals surface area (Å²) in [6.07, 6.45) is 3.43. The molecule has 0 saturated carbocycles. The summed E-state index contributed by atoms with van der Waals surface area (Å²) in [7, 11) is 1.62. The second-order valence-corrected chi connectivity index (χ2v) is 3.48. The maximum Gasteiger partial charge on any atom is 0.137 e. The smallest absolute Gasteiger partial charge is 0.137 e. The zero-order chi connectivity index (χ0) is 10.7. The summed E-state index contributed by atoms with van der Waals surface area (Å²) in [5.74, 6) is 0.732. The number of H-pyrrole nitrogens is 1. The molecule has 0 unspecified atom stereocenters. The van der Waals surface area contributed by atoms with Crippen molar-refractivity contribution in [3.8, 4) is 17.0 Å². The molecule has 0 saturated heterocycles. The quantitative estimate of drug-likeness (QED) is 0.788. The third-order valence-corrected chi connectivity index (χ3v) is 2.27. The van der Waals surface area contributed by atoms with Crippen molar-refractivity contribution in [1.82, 2.24) is 9.97 Å². The Labute approximate surface area is 92.8 Å². The summed E-state index contributed by atoms with van der Waals surface area (Å²) in [6, 6.07) is 7.61. The zero-order valence-corrected chi connectivity index (χ0v) is 9.04. The van der Waals surface area contributed by atoms with Gasteiger partial charge in [-0.2, -0.15) is 0 Å². The fourth-order valence-electron chi connectivity index (χ4n) is 1.29. The van der Waals surface area contributed by atoms with E-state index in [2.05, 4.69) is 9.97 Å². The molecule has 1 N–H and O–H groups in total. The second kappa shape index (κ2) is 4.23. The molecule has 2 rings (SSSR count). The number of nitrogens with zero attached hydrogens (tertiary/aromatic N) is 1. The van der Waals surface area contributed by atoms with Crippen LogP contribution < -0.4 is 4.74 Å². The fourth-order valence-corrected chi connectivity index (χ4v) is 1.48. The van der Waals surface area contributed by atoms with Crippen LogP contribution in [0.25, 0.3) is 11.3 Å². The Hall–Kier alpha value is -1.68. The van der Waals surface area contributed by atoms with Crippen molar-refractivity contribution >= 4 is 12.2 Å². The summed E-state index contributed by atoms with van der Waals surface area (Å²) < 4.78 is 5.81. The van der Waals surface area contributed by atoms with Gasteiger partial charge in [0.25, 0.3) is 0 Å². The molecule has 0 aliphatic carbocycles.